The summed E-state index contributed by atoms with van der Waals surface area (Å²) in [5.41, 5.74) is 2.14. The van der Waals surface area contributed by atoms with Crippen molar-refractivity contribution < 1.29 is 0 Å². The van der Waals surface area contributed by atoms with Gasteiger partial charge in [0.25, 0.3) is 5.95 Å². The monoisotopic (exact) mass is 364 g/mol. The Bertz CT molecular complexity index is 903. The lowest BCUT2D eigenvalue weighted by Crippen LogP contribution is -2.44. The van der Waals surface area contributed by atoms with Crippen LogP contribution in [0.5, 0.6) is 0 Å². The van der Waals surface area contributed by atoms with Crippen molar-refractivity contribution in [1.82, 2.24) is 25.1 Å². The SMILES string of the molecule is CCCCc1cc(N2CCC[C@@H](NC)C2)nc(-n2ncc3ccccc32)n1. The van der Waals surface area contributed by atoms with Crippen LogP contribution in [0.2, 0.25) is 0 Å². The molecule has 0 radical (unpaired) electrons. The molecule has 1 atom stereocenters. The van der Waals surface area contributed by atoms with Gasteiger partial charge in [0.05, 0.1) is 11.7 Å². The first-order valence-electron chi connectivity index (χ1n) is 10.0. The van der Waals surface area contributed by atoms with Gasteiger partial charge in [-0.05, 0) is 38.8 Å². The second kappa shape index (κ2) is 8.05. The molecule has 2 aromatic heterocycles. The van der Waals surface area contributed by atoms with Crippen molar-refractivity contribution in [3.63, 3.8) is 0 Å². The Morgan fingerprint density at radius 2 is 2.11 bits per heavy atom. The van der Waals surface area contributed by atoms with E-state index in [9.17, 15) is 0 Å². The maximum atomic E-state index is 4.91. The minimum atomic E-state index is 0.516. The fraction of sp³-hybridized carbons (Fsp3) is 0.476. The predicted molar refractivity (Wildman–Crippen MR) is 110 cm³/mol. The number of aryl methyl sites for hydroxylation is 1. The molecule has 27 heavy (non-hydrogen) atoms. The number of likely N-dealkylation sites (N-methyl/N-ethyl adjacent to an activating group) is 1. The number of anilines is 1. The van der Waals surface area contributed by atoms with Crippen LogP contribution in [0.4, 0.5) is 5.82 Å². The lowest BCUT2D eigenvalue weighted by atomic mass is 10.1. The van der Waals surface area contributed by atoms with Crippen molar-refractivity contribution in [2.24, 2.45) is 0 Å². The van der Waals surface area contributed by atoms with Gasteiger partial charge in [-0.1, -0.05) is 31.5 Å². The summed E-state index contributed by atoms with van der Waals surface area (Å²) in [5, 5.41) is 9.09. The Kier molecular flexibility index (Phi) is 5.34. The first-order chi connectivity index (χ1) is 13.3. The Hall–Kier alpha value is -2.47. The summed E-state index contributed by atoms with van der Waals surface area (Å²) < 4.78 is 1.87. The van der Waals surface area contributed by atoms with Gasteiger partial charge in [-0.2, -0.15) is 14.8 Å². The predicted octanol–water partition coefficient (Wildman–Crippen LogP) is 3.35. The zero-order valence-corrected chi connectivity index (χ0v) is 16.2. The summed E-state index contributed by atoms with van der Waals surface area (Å²) in [6.07, 6.45) is 7.55. The third-order valence-electron chi connectivity index (χ3n) is 5.36. The van der Waals surface area contributed by atoms with Crippen LogP contribution in [0, 0.1) is 0 Å². The summed E-state index contributed by atoms with van der Waals surface area (Å²) >= 11 is 0. The van der Waals surface area contributed by atoms with Crippen molar-refractivity contribution in [3.05, 3.63) is 42.2 Å². The number of benzene rings is 1. The van der Waals surface area contributed by atoms with Crippen LogP contribution in [-0.2, 0) is 6.42 Å². The fourth-order valence-corrected chi connectivity index (χ4v) is 3.76. The third-order valence-corrected chi connectivity index (χ3v) is 5.36. The standard InChI is InChI=1S/C21H28N6/c1-3-4-9-17-13-20(26-12-7-10-18(15-26)22-2)25-21(24-17)27-19-11-6-5-8-16(19)14-23-27/h5-6,8,11,13-14,18,22H,3-4,7,9-10,12,15H2,1-2H3/t18-/m1/s1. The van der Waals surface area contributed by atoms with E-state index in [2.05, 4.69) is 40.4 Å². The number of aromatic nitrogens is 4. The van der Waals surface area contributed by atoms with E-state index in [1.807, 2.05) is 30.1 Å². The van der Waals surface area contributed by atoms with Gasteiger partial charge in [0.1, 0.15) is 5.82 Å². The van der Waals surface area contributed by atoms with Gasteiger partial charge in [0.2, 0.25) is 0 Å². The van der Waals surface area contributed by atoms with Gasteiger partial charge in [0, 0.05) is 36.3 Å². The molecule has 0 unspecified atom stereocenters. The molecule has 6 nitrogen and oxygen atoms in total. The van der Waals surface area contributed by atoms with E-state index >= 15 is 0 Å². The summed E-state index contributed by atoms with van der Waals surface area (Å²) in [6, 6.07) is 10.9. The fourth-order valence-electron chi connectivity index (χ4n) is 3.76. The first kappa shape index (κ1) is 17.9. The molecule has 1 aliphatic heterocycles. The normalized spacial score (nSPS) is 17.6. The van der Waals surface area contributed by atoms with E-state index in [1.165, 1.54) is 12.8 Å². The van der Waals surface area contributed by atoms with Crippen LogP contribution in [-0.4, -0.2) is 45.9 Å². The van der Waals surface area contributed by atoms with Gasteiger partial charge in [-0.3, -0.25) is 0 Å². The highest BCUT2D eigenvalue weighted by molar-refractivity contribution is 5.79. The van der Waals surface area contributed by atoms with E-state index < -0.39 is 0 Å². The Morgan fingerprint density at radius 3 is 2.96 bits per heavy atom. The van der Waals surface area contributed by atoms with Gasteiger partial charge >= 0.3 is 0 Å². The molecule has 1 fully saturated rings. The molecular weight excluding hydrogens is 336 g/mol. The number of piperidine rings is 1. The molecule has 6 heteroatoms. The molecule has 1 aromatic carbocycles. The summed E-state index contributed by atoms with van der Waals surface area (Å²) in [5.74, 6) is 1.69. The van der Waals surface area contributed by atoms with Crippen molar-refractivity contribution in [1.29, 1.82) is 0 Å². The van der Waals surface area contributed by atoms with E-state index in [0.29, 0.717) is 12.0 Å². The highest BCUT2D eigenvalue weighted by Crippen LogP contribution is 2.22. The number of fused-ring (bicyclic) bond motifs is 1. The molecule has 0 saturated carbocycles. The molecule has 0 aliphatic carbocycles. The van der Waals surface area contributed by atoms with Crippen LogP contribution >= 0.6 is 0 Å². The van der Waals surface area contributed by atoms with Gasteiger partial charge < -0.3 is 10.2 Å². The molecule has 3 aromatic rings. The van der Waals surface area contributed by atoms with E-state index in [-0.39, 0.29) is 0 Å². The minimum absolute atomic E-state index is 0.516. The van der Waals surface area contributed by atoms with Crippen molar-refractivity contribution in [3.8, 4) is 5.95 Å². The summed E-state index contributed by atoms with van der Waals surface area (Å²) in [4.78, 5) is 12.1. The van der Waals surface area contributed by atoms with E-state index in [0.717, 1.165) is 54.8 Å². The third kappa shape index (κ3) is 3.81. The molecule has 0 bridgehead atoms. The molecular formula is C21H28N6. The van der Waals surface area contributed by atoms with Gasteiger partial charge in [0.15, 0.2) is 0 Å². The van der Waals surface area contributed by atoms with Crippen LogP contribution < -0.4 is 10.2 Å². The molecule has 142 valence electrons. The largest absolute Gasteiger partial charge is 0.355 e. The number of hydrogen-bond donors (Lipinski definition) is 1. The molecule has 0 spiro atoms. The summed E-state index contributed by atoms with van der Waals surface area (Å²) in [7, 11) is 2.04. The van der Waals surface area contributed by atoms with Crippen molar-refractivity contribution in [2.45, 2.75) is 45.1 Å². The maximum absolute atomic E-state index is 4.91. The topological polar surface area (TPSA) is 58.9 Å². The lowest BCUT2D eigenvalue weighted by molar-refractivity contribution is 0.447. The van der Waals surface area contributed by atoms with Crippen LogP contribution in [0.15, 0.2) is 36.5 Å². The van der Waals surface area contributed by atoms with Crippen LogP contribution in [0.3, 0.4) is 0 Å². The highest BCUT2D eigenvalue weighted by atomic mass is 15.4. The average Bonchev–Trinajstić information content (AvgIpc) is 3.16. The first-order valence-corrected chi connectivity index (χ1v) is 10.0. The number of unbranched alkanes of at least 4 members (excludes halogenated alkanes) is 1. The van der Waals surface area contributed by atoms with Crippen LogP contribution in [0.1, 0.15) is 38.3 Å². The highest BCUT2D eigenvalue weighted by Gasteiger charge is 2.21. The smallest absolute Gasteiger partial charge is 0.253 e. The average molecular weight is 364 g/mol. The van der Waals surface area contributed by atoms with Crippen molar-refractivity contribution >= 4 is 16.7 Å². The molecule has 1 aliphatic rings. The number of nitrogens with one attached hydrogen (secondary N) is 1. The zero-order chi connectivity index (χ0) is 18.6. The van der Waals surface area contributed by atoms with Gasteiger partial charge in [-0.15, -0.1) is 0 Å². The Morgan fingerprint density at radius 1 is 1.22 bits per heavy atom. The Labute approximate surface area is 160 Å². The number of rotatable bonds is 6. The number of hydrogen-bond acceptors (Lipinski definition) is 5. The maximum Gasteiger partial charge on any atom is 0.253 e. The number of nitrogens with zero attached hydrogens (tertiary/aromatic N) is 5. The Balaban J connectivity index is 1.74. The van der Waals surface area contributed by atoms with Crippen molar-refractivity contribution in [2.75, 3.05) is 25.0 Å². The molecule has 1 N–H and O–H groups in total. The molecule has 1 saturated heterocycles. The molecule has 3 heterocycles. The quantitative estimate of drug-likeness (QED) is 0.727. The van der Waals surface area contributed by atoms with Gasteiger partial charge in [-0.25, -0.2) is 4.98 Å². The zero-order valence-electron chi connectivity index (χ0n) is 16.2. The minimum Gasteiger partial charge on any atom is -0.355 e. The summed E-state index contributed by atoms with van der Waals surface area (Å²) in [6.45, 7) is 4.24. The molecule has 0 amide bonds. The molecule has 4 rings (SSSR count). The lowest BCUT2D eigenvalue weighted by Gasteiger charge is -2.33. The number of para-hydroxylation sites is 1. The van der Waals surface area contributed by atoms with Crippen LogP contribution in [0.25, 0.3) is 16.9 Å². The van der Waals surface area contributed by atoms with E-state index in [4.69, 9.17) is 9.97 Å². The second-order valence-corrected chi connectivity index (χ2v) is 7.31. The van der Waals surface area contributed by atoms with E-state index in [1.54, 1.807) is 0 Å². The second-order valence-electron chi connectivity index (χ2n) is 7.31.